The number of fused-ring (bicyclic) bond motifs is 1. The van der Waals surface area contributed by atoms with Gasteiger partial charge in [-0.05, 0) is 31.5 Å². The molecule has 2 aromatic rings. The van der Waals surface area contributed by atoms with Gasteiger partial charge < -0.3 is 4.79 Å². The Morgan fingerprint density at radius 1 is 1.47 bits per heavy atom. The predicted molar refractivity (Wildman–Crippen MR) is 57.7 cm³/mol. The van der Waals surface area contributed by atoms with Gasteiger partial charge in [0.25, 0.3) is 0 Å². The largest absolute Gasteiger partial charge is 0.303 e. The summed E-state index contributed by atoms with van der Waals surface area (Å²) in [6.45, 7) is 4.13. The van der Waals surface area contributed by atoms with Crippen LogP contribution >= 0.6 is 0 Å². The molecule has 2 rings (SSSR count). The van der Waals surface area contributed by atoms with E-state index >= 15 is 0 Å². The maximum atomic E-state index is 10.4. The van der Waals surface area contributed by atoms with Gasteiger partial charge in [-0.15, -0.1) is 5.10 Å². The van der Waals surface area contributed by atoms with Crippen molar-refractivity contribution < 1.29 is 4.79 Å². The van der Waals surface area contributed by atoms with E-state index in [2.05, 4.69) is 24.2 Å². The van der Waals surface area contributed by atoms with Crippen molar-refractivity contribution >= 4 is 17.3 Å². The van der Waals surface area contributed by atoms with E-state index in [1.807, 2.05) is 22.9 Å². The first-order valence-corrected chi connectivity index (χ1v) is 5.00. The Kier molecular flexibility index (Phi) is 2.49. The Hall–Kier alpha value is -1.71. The van der Waals surface area contributed by atoms with Crippen LogP contribution in [0.3, 0.4) is 0 Å². The third kappa shape index (κ3) is 1.75. The van der Waals surface area contributed by atoms with Crippen LogP contribution in [0, 0.1) is 0 Å². The van der Waals surface area contributed by atoms with Gasteiger partial charge in [-0.3, -0.25) is 0 Å². The molecule has 0 unspecified atom stereocenters. The first kappa shape index (κ1) is 9.83. The predicted octanol–water partition coefficient (Wildman–Crippen LogP) is 1.75. The molecular formula is C11H13N3O. The summed E-state index contributed by atoms with van der Waals surface area (Å²) < 4.78 is 1.88. The van der Waals surface area contributed by atoms with E-state index < -0.39 is 0 Å². The van der Waals surface area contributed by atoms with Crippen molar-refractivity contribution in [3.05, 3.63) is 23.8 Å². The van der Waals surface area contributed by atoms with Gasteiger partial charge >= 0.3 is 0 Å². The molecule has 1 heterocycles. The number of hydrogen-bond acceptors (Lipinski definition) is 3. The monoisotopic (exact) mass is 203 g/mol. The summed E-state index contributed by atoms with van der Waals surface area (Å²) in [5, 5.41) is 8.15. The van der Waals surface area contributed by atoms with Crippen LogP contribution < -0.4 is 0 Å². The summed E-state index contributed by atoms with van der Waals surface area (Å²) >= 11 is 0. The van der Waals surface area contributed by atoms with Crippen molar-refractivity contribution in [2.24, 2.45) is 0 Å². The molecule has 0 saturated carbocycles. The summed E-state index contributed by atoms with van der Waals surface area (Å²) in [7, 11) is 0. The number of benzene rings is 1. The third-order valence-corrected chi connectivity index (χ3v) is 2.34. The van der Waals surface area contributed by atoms with E-state index in [0.717, 1.165) is 22.9 Å². The molecular weight excluding hydrogens is 190 g/mol. The Balaban J connectivity index is 2.51. The van der Waals surface area contributed by atoms with Crippen LogP contribution in [0.5, 0.6) is 0 Å². The molecule has 0 N–H and O–H groups in total. The van der Waals surface area contributed by atoms with Crippen molar-refractivity contribution in [2.75, 3.05) is 0 Å². The molecule has 0 fully saturated rings. The number of hydrogen-bond donors (Lipinski definition) is 0. The molecule has 0 atom stereocenters. The standard InChI is InChI=1S/C11H13N3O/c1-8(2)14-11-4-3-9(5-6-15)7-10(11)12-13-14/h3-4,6-8H,5H2,1-2H3. The fraction of sp³-hybridized carbons (Fsp3) is 0.364. The zero-order chi connectivity index (χ0) is 10.8. The van der Waals surface area contributed by atoms with Gasteiger partial charge in [-0.1, -0.05) is 11.3 Å². The molecule has 0 amide bonds. The second kappa shape index (κ2) is 3.81. The normalized spacial score (nSPS) is 11.1. The Morgan fingerprint density at radius 3 is 2.93 bits per heavy atom. The molecule has 4 heteroatoms. The lowest BCUT2D eigenvalue weighted by Crippen LogP contribution is -2.02. The lowest BCUT2D eigenvalue weighted by molar-refractivity contribution is -0.107. The molecule has 78 valence electrons. The molecule has 0 bridgehead atoms. The second-order valence-corrected chi connectivity index (χ2v) is 3.82. The molecule has 0 aliphatic carbocycles. The lowest BCUT2D eigenvalue weighted by atomic mass is 10.1. The van der Waals surface area contributed by atoms with Crippen molar-refractivity contribution in [1.29, 1.82) is 0 Å². The fourth-order valence-electron chi connectivity index (χ4n) is 1.59. The Labute approximate surface area is 87.9 Å². The number of aldehydes is 1. The van der Waals surface area contributed by atoms with Crippen molar-refractivity contribution in [3.63, 3.8) is 0 Å². The van der Waals surface area contributed by atoms with Crippen LogP contribution in [0.25, 0.3) is 11.0 Å². The highest BCUT2D eigenvalue weighted by atomic mass is 16.1. The molecule has 0 saturated heterocycles. The van der Waals surface area contributed by atoms with Gasteiger partial charge in [0.2, 0.25) is 0 Å². The van der Waals surface area contributed by atoms with Gasteiger partial charge in [0, 0.05) is 12.5 Å². The first-order valence-electron chi connectivity index (χ1n) is 5.00. The SMILES string of the molecule is CC(C)n1nnc2cc(CC=O)ccc21. The fourth-order valence-corrected chi connectivity index (χ4v) is 1.59. The van der Waals surface area contributed by atoms with Gasteiger partial charge in [-0.2, -0.15) is 0 Å². The van der Waals surface area contributed by atoms with Crippen LogP contribution in [0.15, 0.2) is 18.2 Å². The highest BCUT2D eigenvalue weighted by molar-refractivity contribution is 5.76. The van der Waals surface area contributed by atoms with Crippen LogP contribution in [0.1, 0.15) is 25.5 Å². The first-order chi connectivity index (χ1) is 7.22. The molecule has 1 aromatic heterocycles. The molecule has 0 spiro atoms. The number of nitrogens with zero attached hydrogens (tertiary/aromatic N) is 3. The number of rotatable bonds is 3. The topological polar surface area (TPSA) is 47.8 Å². The highest BCUT2D eigenvalue weighted by Gasteiger charge is 2.07. The minimum atomic E-state index is 0.298. The van der Waals surface area contributed by atoms with Crippen LogP contribution in [0.2, 0.25) is 0 Å². The molecule has 0 radical (unpaired) electrons. The number of carbonyl (C=O) groups is 1. The van der Waals surface area contributed by atoms with Gasteiger partial charge in [-0.25, -0.2) is 4.68 Å². The summed E-state index contributed by atoms with van der Waals surface area (Å²) in [6, 6.07) is 6.12. The maximum absolute atomic E-state index is 10.4. The molecule has 1 aromatic carbocycles. The van der Waals surface area contributed by atoms with Crippen molar-refractivity contribution in [2.45, 2.75) is 26.3 Å². The molecule has 0 aliphatic heterocycles. The van der Waals surface area contributed by atoms with Crippen LogP contribution in [-0.4, -0.2) is 21.3 Å². The maximum Gasteiger partial charge on any atom is 0.124 e. The third-order valence-electron chi connectivity index (χ3n) is 2.34. The van der Waals surface area contributed by atoms with E-state index in [1.165, 1.54) is 0 Å². The van der Waals surface area contributed by atoms with Crippen LogP contribution in [0.4, 0.5) is 0 Å². The van der Waals surface area contributed by atoms with E-state index in [-0.39, 0.29) is 0 Å². The van der Waals surface area contributed by atoms with Gasteiger partial charge in [0.1, 0.15) is 11.8 Å². The Morgan fingerprint density at radius 2 is 2.27 bits per heavy atom. The van der Waals surface area contributed by atoms with E-state index in [9.17, 15) is 4.79 Å². The van der Waals surface area contributed by atoms with Crippen LogP contribution in [-0.2, 0) is 11.2 Å². The zero-order valence-electron chi connectivity index (χ0n) is 8.84. The molecule has 15 heavy (non-hydrogen) atoms. The van der Waals surface area contributed by atoms with Gasteiger partial charge in [0.05, 0.1) is 5.52 Å². The minimum absolute atomic E-state index is 0.298. The Bertz CT molecular complexity index is 488. The summed E-state index contributed by atoms with van der Waals surface area (Å²) in [4.78, 5) is 10.4. The van der Waals surface area contributed by atoms with Crippen molar-refractivity contribution in [3.8, 4) is 0 Å². The van der Waals surface area contributed by atoms with E-state index in [0.29, 0.717) is 12.5 Å². The van der Waals surface area contributed by atoms with Gasteiger partial charge in [0.15, 0.2) is 0 Å². The summed E-state index contributed by atoms with van der Waals surface area (Å²) in [5.41, 5.74) is 2.84. The molecule has 4 nitrogen and oxygen atoms in total. The second-order valence-electron chi connectivity index (χ2n) is 3.82. The average Bonchev–Trinajstić information content (AvgIpc) is 2.61. The zero-order valence-corrected chi connectivity index (χ0v) is 8.84. The summed E-state index contributed by atoms with van der Waals surface area (Å²) in [6.07, 6.45) is 1.33. The van der Waals surface area contributed by atoms with E-state index in [4.69, 9.17) is 0 Å². The van der Waals surface area contributed by atoms with E-state index in [1.54, 1.807) is 0 Å². The number of aromatic nitrogens is 3. The quantitative estimate of drug-likeness (QED) is 0.714. The smallest absolute Gasteiger partial charge is 0.124 e. The minimum Gasteiger partial charge on any atom is -0.303 e. The van der Waals surface area contributed by atoms with Crippen molar-refractivity contribution in [1.82, 2.24) is 15.0 Å². The summed E-state index contributed by atoms with van der Waals surface area (Å²) in [5.74, 6) is 0. The number of carbonyl (C=O) groups excluding carboxylic acids is 1. The highest BCUT2D eigenvalue weighted by Crippen LogP contribution is 2.16. The average molecular weight is 203 g/mol. The molecule has 0 aliphatic rings. The lowest BCUT2D eigenvalue weighted by Gasteiger charge is -2.04.